The van der Waals surface area contributed by atoms with Crippen LogP contribution in [0.25, 0.3) is 0 Å². The Morgan fingerprint density at radius 2 is 2.06 bits per heavy atom. The number of halogens is 1. The van der Waals surface area contributed by atoms with Gasteiger partial charge in [0.25, 0.3) is 0 Å². The van der Waals surface area contributed by atoms with Crippen LogP contribution in [0.3, 0.4) is 0 Å². The largest absolute Gasteiger partial charge is 0.543 e. The number of carbonyl (C=O) groups excluding carboxylic acids is 1. The van der Waals surface area contributed by atoms with E-state index in [-0.39, 0.29) is 5.69 Å². The molecule has 0 radical (unpaired) electrons. The van der Waals surface area contributed by atoms with E-state index in [4.69, 9.17) is 11.6 Å². The summed E-state index contributed by atoms with van der Waals surface area (Å²) in [5.74, 6) is -1.25. The number of hydrogen-bond donors (Lipinski definition) is 0. The van der Waals surface area contributed by atoms with E-state index < -0.39 is 5.97 Å². The molecule has 0 N–H and O–H groups in total. The number of aromatic nitrogens is 2. The molecule has 0 aliphatic heterocycles. The Morgan fingerprint density at radius 3 is 2.59 bits per heavy atom. The normalized spacial score (nSPS) is 10.5. The van der Waals surface area contributed by atoms with Gasteiger partial charge in [-0.3, -0.25) is 0 Å². The molecule has 0 bridgehead atoms. The monoisotopic (exact) mass is 249 g/mol. The van der Waals surface area contributed by atoms with Crippen LogP contribution in [0.5, 0.6) is 0 Å². The molecule has 1 aromatic heterocycles. The van der Waals surface area contributed by atoms with Crippen molar-refractivity contribution in [3.05, 3.63) is 52.6 Å². The third-order valence-electron chi connectivity index (χ3n) is 2.56. The van der Waals surface area contributed by atoms with Gasteiger partial charge in [-0.25, -0.2) is 4.98 Å². The second-order valence-electron chi connectivity index (χ2n) is 3.72. The maximum Gasteiger partial charge on any atom is 0.107 e. The van der Waals surface area contributed by atoms with Crippen LogP contribution in [-0.2, 0) is 6.54 Å². The Balaban J connectivity index is 2.24. The van der Waals surface area contributed by atoms with Gasteiger partial charge in [0.15, 0.2) is 0 Å². The zero-order chi connectivity index (χ0) is 12.4. The number of carbonyl (C=O) groups is 1. The molecule has 0 saturated carbocycles. The molecule has 0 saturated heterocycles. The molecule has 2 aromatic rings. The highest BCUT2D eigenvalue weighted by molar-refractivity contribution is 6.30. The molecular formula is C12H10ClN2O2-. The van der Waals surface area contributed by atoms with Gasteiger partial charge in [-0.15, -0.1) is 0 Å². The maximum absolute atomic E-state index is 10.7. The van der Waals surface area contributed by atoms with Gasteiger partial charge in [0.1, 0.15) is 5.69 Å². The number of aromatic carboxylic acids is 1. The van der Waals surface area contributed by atoms with E-state index in [9.17, 15) is 9.90 Å². The number of nitrogens with zero attached hydrogens (tertiary/aromatic N) is 2. The van der Waals surface area contributed by atoms with Gasteiger partial charge in [0.2, 0.25) is 0 Å². The third-order valence-corrected chi connectivity index (χ3v) is 2.81. The molecule has 2 rings (SSSR count). The molecule has 17 heavy (non-hydrogen) atoms. The van der Waals surface area contributed by atoms with Gasteiger partial charge in [-0.05, 0) is 24.6 Å². The third kappa shape index (κ3) is 2.47. The minimum atomic E-state index is -1.25. The topological polar surface area (TPSA) is 57.9 Å². The van der Waals surface area contributed by atoms with Crippen LogP contribution < -0.4 is 5.11 Å². The average Bonchev–Trinajstić information content (AvgIpc) is 2.64. The van der Waals surface area contributed by atoms with Crippen molar-refractivity contribution in [2.75, 3.05) is 0 Å². The lowest BCUT2D eigenvalue weighted by atomic mass is 10.2. The van der Waals surface area contributed by atoms with Crippen LogP contribution in [0, 0.1) is 6.92 Å². The molecule has 0 fully saturated rings. The Hall–Kier alpha value is -1.81. The van der Waals surface area contributed by atoms with Crippen LogP contribution in [0.1, 0.15) is 21.7 Å². The van der Waals surface area contributed by atoms with E-state index in [2.05, 4.69) is 4.98 Å². The number of imidazole rings is 1. The first-order valence-electron chi connectivity index (χ1n) is 5.05. The molecule has 1 aromatic carbocycles. The second kappa shape index (κ2) is 4.59. The van der Waals surface area contributed by atoms with Crippen LogP contribution in [-0.4, -0.2) is 15.5 Å². The summed E-state index contributed by atoms with van der Waals surface area (Å²) < 4.78 is 1.76. The first-order valence-corrected chi connectivity index (χ1v) is 5.43. The summed E-state index contributed by atoms with van der Waals surface area (Å²) in [6, 6.07) is 7.37. The van der Waals surface area contributed by atoms with Gasteiger partial charge in [-0.2, -0.15) is 0 Å². The van der Waals surface area contributed by atoms with Gasteiger partial charge in [-0.1, -0.05) is 23.7 Å². The smallest absolute Gasteiger partial charge is 0.107 e. The summed E-state index contributed by atoms with van der Waals surface area (Å²) in [7, 11) is 0. The van der Waals surface area contributed by atoms with Crippen LogP contribution in [0.4, 0.5) is 0 Å². The van der Waals surface area contributed by atoms with Crippen LogP contribution in [0.2, 0.25) is 5.02 Å². The van der Waals surface area contributed by atoms with Gasteiger partial charge < -0.3 is 14.5 Å². The van der Waals surface area contributed by atoms with E-state index in [1.54, 1.807) is 23.6 Å². The zero-order valence-electron chi connectivity index (χ0n) is 9.18. The van der Waals surface area contributed by atoms with Crippen molar-refractivity contribution in [2.45, 2.75) is 13.5 Å². The van der Waals surface area contributed by atoms with E-state index in [1.807, 2.05) is 12.1 Å². The number of hydrogen-bond acceptors (Lipinski definition) is 3. The second-order valence-corrected chi connectivity index (χ2v) is 4.16. The lowest BCUT2D eigenvalue weighted by Crippen LogP contribution is -2.23. The van der Waals surface area contributed by atoms with Gasteiger partial charge in [0, 0.05) is 17.3 Å². The Morgan fingerprint density at radius 1 is 1.41 bits per heavy atom. The molecule has 0 spiro atoms. The molecular weight excluding hydrogens is 240 g/mol. The predicted molar refractivity (Wildman–Crippen MR) is 61.8 cm³/mol. The number of benzene rings is 1. The zero-order valence-corrected chi connectivity index (χ0v) is 9.94. The first kappa shape index (κ1) is 11.7. The molecule has 0 amide bonds. The summed E-state index contributed by atoms with van der Waals surface area (Å²) in [5, 5.41) is 11.4. The van der Waals surface area contributed by atoms with E-state index >= 15 is 0 Å². The highest BCUT2D eigenvalue weighted by atomic mass is 35.5. The summed E-state index contributed by atoms with van der Waals surface area (Å²) in [6.07, 6.45) is 1.50. The quantitative estimate of drug-likeness (QED) is 0.823. The molecule has 0 unspecified atom stereocenters. The van der Waals surface area contributed by atoms with Crippen molar-refractivity contribution in [1.82, 2.24) is 9.55 Å². The first-order chi connectivity index (χ1) is 8.08. The van der Waals surface area contributed by atoms with Crippen molar-refractivity contribution in [3.8, 4) is 0 Å². The number of carboxylic acids is 1. The minimum Gasteiger partial charge on any atom is -0.543 e. The average molecular weight is 250 g/mol. The van der Waals surface area contributed by atoms with Crippen molar-refractivity contribution < 1.29 is 9.90 Å². The van der Waals surface area contributed by atoms with Crippen LogP contribution in [0.15, 0.2) is 30.6 Å². The van der Waals surface area contributed by atoms with Gasteiger partial charge >= 0.3 is 0 Å². The fraction of sp³-hybridized carbons (Fsp3) is 0.167. The van der Waals surface area contributed by atoms with Crippen LogP contribution >= 0.6 is 11.6 Å². The SMILES string of the molecule is Cc1c(C(=O)[O-])ncn1Cc1ccc(Cl)cc1. The summed E-state index contributed by atoms with van der Waals surface area (Å²) in [5.41, 5.74) is 1.60. The number of carboxylic acid groups (broad SMARTS) is 1. The molecule has 0 atom stereocenters. The number of rotatable bonds is 3. The fourth-order valence-corrected chi connectivity index (χ4v) is 1.72. The van der Waals surface area contributed by atoms with Crippen molar-refractivity contribution >= 4 is 17.6 Å². The highest BCUT2D eigenvalue weighted by Gasteiger charge is 2.07. The van der Waals surface area contributed by atoms with Crippen molar-refractivity contribution in [2.24, 2.45) is 0 Å². The Kier molecular flexibility index (Phi) is 3.15. The predicted octanol–water partition coefficient (Wildman–Crippen LogP) is 1.26. The van der Waals surface area contributed by atoms with Crippen molar-refractivity contribution in [1.29, 1.82) is 0 Å². The van der Waals surface area contributed by atoms with Gasteiger partial charge in [0.05, 0.1) is 12.3 Å². The van der Waals surface area contributed by atoms with E-state index in [0.29, 0.717) is 17.3 Å². The Labute approximate surface area is 103 Å². The lowest BCUT2D eigenvalue weighted by molar-refractivity contribution is -0.255. The molecule has 1 heterocycles. The van der Waals surface area contributed by atoms with E-state index in [0.717, 1.165) is 5.56 Å². The van der Waals surface area contributed by atoms with E-state index in [1.165, 1.54) is 6.33 Å². The fourth-order valence-electron chi connectivity index (χ4n) is 1.59. The summed E-state index contributed by atoms with van der Waals surface area (Å²) in [4.78, 5) is 14.5. The molecule has 4 nitrogen and oxygen atoms in total. The maximum atomic E-state index is 10.7. The minimum absolute atomic E-state index is 0.0148. The van der Waals surface area contributed by atoms with Crippen molar-refractivity contribution in [3.63, 3.8) is 0 Å². The Bertz CT molecular complexity index is 546. The molecule has 88 valence electrons. The highest BCUT2D eigenvalue weighted by Crippen LogP contribution is 2.12. The summed E-state index contributed by atoms with van der Waals surface area (Å²) >= 11 is 5.79. The molecule has 0 aliphatic rings. The lowest BCUT2D eigenvalue weighted by Gasteiger charge is -2.06. The standard InChI is InChI=1S/C12H11ClN2O2/c1-8-11(12(16)17)14-7-15(8)6-9-2-4-10(13)5-3-9/h2-5,7H,6H2,1H3,(H,16,17)/p-1. The molecule has 0 aliphatic carbocycles. The summed E-state index contributed by atoms with van der Waals surface area (Å²) in [6.45, 7) is 2.26. The molecule has 5 heteroatoms.